The van der Waals surface area contributed by atoms with Crippen molar-refractivity contribution in [2.75, 3.05) is 18.6 Å². The lowest BCUT2D eigenvalue weighted by Gasteiger charge is -2.49. The van der Waals surface area contributed by atoms with Crippen molar-refractivity contribution in [2.45, 2.75) is 28.7 Å². The molecule has 0 aliphatic carbocycles. The third-order valence-corrected chi connectivity index (χ3v) is 8.49. The van der Waals surface area contributed by atoms with Gasteiger partial charge in [-0.1, -0.05) is 35.2 Å². The van der Waals surface area contributed by atoms with Crippen molar-refractivity contribution in [1.29, 1.82) is 0 Å². The number of hydrogen-bond acceptors (Lipinski definition) is 10. The van der Waals surface area contributed by atoms with Crippen LogP contribution in [0, 0.1) is 12.7 Å². The second kappa shape index (κ2) is 9.79. The van der Waals surface area contributed by atoms with E-state index in [1.165, 1.54) is 65.1 Å². The number of nitrogens with one attached hydrogen (secondary N) is 1. The molecule has 13 heteroatoms. The number of esters is 1. The summed E-state index contributed by atoms with van der Waals surface area (Å²) in [5, 5.41) is 11.1. The maximum absolute atomic E-state index is 13.5. The van der Waals surface area contributed by atoms with Gasteiger partial charge in [-0.2, -0.15) is 0 Å². The van der Waals surface area contributed by atoms with Crippen LogP contribution in [0.2, 0.25) is 0 Å². The highest BCUT2D eigenvalue weighted by atomic mass is 32.2. The molecule has 2 aromatic rings. The highest BCUT2D eigenvalue weighted by Gasteiger charge is 2.54. The van der Waals surface area contributed by atoms with E-state index in [0.29, 0.717) is 17.1 Å². The van der Waals surface area contributed by atoms with Gasteiger partial charge in [0.15, 0.2) is 4.34 Å². The number of benzene rings is 1. The zero-order valence-electron chi connectivity index (χ0n) is 17.6. The molecule has 9 nitrogen and oxygen atoms in total. The van der Waals surface area contributed by atoms with Crippen LogP contribution < -0.4 is 11.1 Å². The number of nitrogens with zero attached hydrogens (tertiary/aromatic N) is 3. The van der Waals surface area contributed by atoms with E-state index in [1.54, 1.807) is 6.07 Å². The van der Waals surface area contributed by atoms with E-state index in [2.05, 4.69) is 15.5 Å². The number of β-lactam (4-membered cyclic amide) rings is 1. The molecule has 2 unspecified atom stereocenters. The molecule has 3 N–H and O–H groups in total. The quantitative estimate of drug-likeness (QED) is 0.325. The first-order valence-electron chi connectivity index (χ1n) is 9.79. The Hall–Kier alpha value is -2.48. The molecule has 1 saturated heterocycles. The fourth-order valence-corrected chi connectivity index (χ4v) is 6.76. The summed E-state index contributed by atoms with van der Waals surface area (Å²) in [7, 11) is 1.26. The smallest absolute Gasteiger partial charge is 0.354 e. The van der Waals surface area contributed by atoms with Crippen LogP contribution in [0.1, 0.15) is 16.6 Å². The van der Waals surface area contributed by atoms with E-state index in [-0.39, 0.29) is 5.70 Å². The second-order valence-corrected chi connectivity index (χ2v) is 10.8. The topological polar surface area (TPSA) is 128 Å². The summed E-state index contributed by atoms with van der Waals surface area (Å²) in [4.78, 5) is 39.4. The number of carbonyl (C=O) groups excluding carboxylic acids is 3. The van der Waals surface area contributed by atoms with E-state index >= 15 is 0 Å². The second-order valence-electron chi connectivity index (χ2n) is 7.25. The average molecular weight is 510 g/mol. The van der Waals surface area contributed by atoms with Crippen molar-refractivity contribution in [3.05, 3.63) is 51.9 Å². The summed E-state index contributed by atoms with van der Waals surface area (Å²) in [6.07, 6.45) is 0. The predicted octanol–water partition coefficient (Wildman–Crippen LogP) is 1.60. The number of hydrogen-bond donors (Lipinski definition) is 2. The van der Waals surface area contributed by atoms with Crippen molar-refractivity contribution >= 4 is 52.6 Å². The molecule has 0 spiro atoms. The lowest BCUT2D eigenvalue weighted by atomic mass is 10.0. The van der Waals surface area contributed by atoms with Gasteiger partial charge < -0.3 is 15.8 Å². The summed E-state index contributed by atoms with van der Waals surface area (Å²) in [6, 6.07) is 3.45. The van der Waals surface area contributed by atoms with Crippen LogP contribution in [-0.2, 0) is 19.1 Å². The minimum absolute atomic E-state index is 0.194. The molecule has 33 heavy (non-hydrogen) atoms. The molecule has 3 atom stereocenters. The molecule has 1 fully saturated rings. The summed E-state index contributed by atoms with van der Waals surface area (Å²) >= 11 is 4.32. The Morgan fingerprint density at radius 2 is 2.21 bits per heavy atom. The predicted molar refractivity (Wildman–Crippen MR) is 123 cm³/mol. The Kier molecular flexibility index (Phi) is 7.02. The molecule has 0 bridgehead atoms. The molecule has 0 saturated carbocycles. The van der Waals surface area contributed by atoms with E-state index in [0.717, 1.165) is 14.9 Å². The Bertz CT molecular complexity index is 1140. The number of thioether (sulfide) groups is 2. The van der Waals surface area contributed by atoms with Crippen LogP contribution in [-0.4, -0.2) is 62.9 Å². The van der Waals surface area contributed by atoms with Crippen molar-refractivity contribution < 1.29 is 23.5 Å². The first-order valence-corrected chi connectivity index (χ1v) is 12.6. The van der Waals surface area contributed by atoms with Gasteiger partial charge in [-0.05, 0) is 30.2 Å². The van der Waals surface area contributed by atoms with Crippen LogP contribution in [0.4, 0.5) is 4.39 Å². The Balaban J connectivity index is 1.48. The van der Waals surface area contributed by atoms with Gasteiger partial charge in [-0.25, -0.2) is 9.18 Å². The highest BCUT2D eigenvalue weighted by molar-refractivity contribution is 8.01. The first kappa shape index (κ1) is 23.7. The standard InChI is InChI=1S/C20H20FN5O4S3/c1-9-24-25-20(33-9)32-8-11-7-31-18-14(17(28)26(18)15(11)19(29)30-2)23-16(27)13(22)10-4-3-5-12(21)6-10/h3-6,13-14,18H,7-8,22H2,1-2H3,(H,23,27)/t13?,14?,18-/m0/s1. The number of rotatable bonds is 7. The van der Waals surface area contributed by atoms with Crippen LogP contribution in [0.15, 0.2) is 39.9 Å². The third-order valence-electron chi connectivity index (χ3n) is 5.09. The molecule has 0 radical (unpaired) electrons. The number of halogens is 1. The number of nitrogens with two attached hydrogens (primary N) is 1. The Morgan fingerprint density at radius 3 is 2.88 bits per heavy atom. The molecule has 3 heterocycles. The minimum Gasteiger partial charge on any atom is -0.464 e. The Labute approximate surface area is 201 Å². The molecule has 174 valence electrons. The van der Waals surface area contributed by atoms with Gasteiger partial charge in [0.05, 0.1) is 7.11 Å². The normalized spacial score (nSPS) is 20.7. The van der Waals surface area contributed by atoms with Gasteiger partial charge in [-0.15, -0.1) is 22.0 Å². The lowest BCUT2D eigenvalue weighted by Crippen LogP contribution is -2.71. The van der Waals surface area contributed by atoms with Gasteiger partial charge in [-0.3, -0.25) is 14.5 Å². The zero-order chi connectivity index (χ0) is 23.7. The van der Waals surface area contributed by atoms with Crippen molar-refractivity contribution in [1.82, 2.24) is 20.4 Å². The number of aromatic nitrogens is 2. The summed E-state index contributed by atoms with van der Waals surface area (Å²) < 4.78 is 19.2. The highest BCUT2D eigenvalue weighted by Crippen LogP contribution is 2.42. The van der Waals surface area contributed by atoms with Crippen molar-refractivity contribution in [3.63, 3.8) is 0 Å². The molecule has 2 aliphatic heterocycles. The van der Waals surface area contributed by atoms with E-state index < -0.39 is 41.1 Å². The molecular formula is C20H20FN5O4S3. The number of methoxy groups -OCH3 is 1. The Morgan fingerprint density at radius 1 is 1.42 bits per heavy atom. The molecule has 2 amide bonds. The van der Waals surface area contributed by atoms with Crippen molar-refractivity contribution in [3.8, 4) is 0 Å². The van der Waals surface area contributed by atoms with Gasteiger partial charge in [0.25, 0.3) is 5.91 Å². The lowest BCUT2D eigenvalue weighted by molar-refractivity contribution is -0.151. The third kappa shape index (κ3) is 4.76. The van der Waals surface area contributed by atoms with E-state index in [9.17, 15) is 18.8 Å². The summed E-state index contributed by atoms with van der Waals surface area (Å²) in [5.41, 5.74) is 7.20. The molecule has 1 aromatic heterocycles. The van der Waals surface area contributed by atoms with Crippen LogP contribution in [0.3, 0.4) is 0 Å². The molecular weight excluding hydrogens is 489 g/mol. The minimum atomic E-state index is -1.13. The van der Waals surface area contributed by atoms with Crippen LogP contribution in [0.25, 0.3) is 0 Å². The maximum atomic E-state index is 13.5. The fraction of sp³-hybridized carbons (Fsp3) is 0.350. The van der Waals surface area contributed by atoms with Crippen LogP contribution >= 0.6 is 34.9 Å². The number of carbonyl (C=O) groups is 3. The first-order chi connectivity index (χ1) is 15.8. The number of ether oxygens (including phenoxy) is 1. The molecule has 2 aliphatic rings. The molecule has 1 aromatic carbocycles. The van der Waals surface area contributed by atoms with Gasteiger partial charge in [0, 0.05) is 11.5 Å². The van der Waals surface area contributed by atoms with Crippen LogP contribution in [0.5, 0.6) is 0 Å². The van der Waals surface area contributed by atoms with Gasteiger partial charge >= 0.3 is 5.97 Å². The monoisotopic (exact) mass is 509 g/mol. The number of fused-ring (bicyclic) bond motifs is 1. The molecule has 4 rings (SSSR count). The van der Waals surface area contributed by atoms with Crippen molar-refractivity contribution in [2.24, 2.45) is 5.73 Å². The number of amides is 2. The summed E-state index contributed by atoms with van der Waals surface area (Å²) in [5.74, 6) is -1.22. The van der Waals surface area contributed by atoms with Gasteiger partial charge in [0.2, 0.25) is 5.91 Å². The SMILES string of the molecule is COC(=O)C1=C(CSc2nnc(C)s2)CS[C@H]2C(NC(=O)C(N)c3cccc(F)c3)C(=O)N12. The van der Waals surface area contributed by atoms with E-state index in [4.69, 9.17) is 10.5 Å². The van der Waals surface area contributed by atoms with Gasteiger partial charge in [0.1, 0.15) is 34.0 Å². The average Bonchev–Trinajstić information content (AvgIpc) is 3.24. The fourth-order valence-electron chi connectivity index (χ4n) is 3.46. The zero-order valence-corrected chi connectivity index (χ0v) is 20.1. The van der Waals surface area contributed by atoms with E-state index in [1.807, 2.05) is 6.92 Å². The summed E-state index contributed by atoms with van der Waals surface area (Å²) in [6.45, 7) is 1.86. The largest absolute Gasteiger partial charge is 0.464 e. The maximum Gasteiger partial charge on any atom is 0.354 e. The number of aryl methyl sites for hydroxylation is 1.